The summed E-state index contributed by atoms with van der Waals surface area (Å²) in [5.74, 6) is 1.35. The van der Waals surface area contributed by atoms with Gasteiger partial charge < -0.3 is 19.4 Å². The van der Waals surface area contributed by atoms with Crippen LogP contribution < -0.4 is 14.8 Å². The maximum Gasteiger partial charge on any atom is 0.273 e. The van der Waals surface area contributed by atoms with E-state index in [4.69, 9.17) is 21.1 Å². The minimum absolute atomic E-state index is 0.164. The molecule has 0 saturated heterocycles. The maximum atomic E-state index is 14.0. The van der Waals surface area contributed by atoms with Crippen LogP contribution in [0.15, 0.2) is 79.0 Å². The number of nitrogens with one attached hydrogen (secondary N) is 1. The number of carbonyl (C=O) groups is 1. The highest BCUT2D eigenvalue weighted by Gasteiger charge is 2.29. The molecule has 2 aromatic heterocycles. The summed E-state index contributed by atoms with van der Waals surface area (Å²) in [5.41, 5.74) is 7.67. The number of hydrogen-bond donors (Lipinski definition) is 1. The van der Waals surface area contributed by atoms with E-state index >= 15 is 0 Å². The van der Waals surface area contributed by atoms with Crippen molar-refractivity contribution >= 4 is 28.8 Å². The van der Waals surface area contributed by atoms with Crippen molar-refractivity contribution in [1.82, 2.24) is 8.97 Å². The summed E-state index contributed by atoms with van der Waals surface area (Å²) in [7, 11) is 3.28. The van der Waals surface area contributed by atoms with Gasteiger partial charge in [-0.25, -0.2) is 0 Å². The summed E-state index contributed by atoms with van der Waals surface area (Å²) in [5, 5.41) is 3.82. The van der Waals surface area contributed by atoms with Crippen molar-refractivity contribution in [1.29, 1.82) is 0 Å². The third-order valence-electron chi connectivity index (χ3n) is 7.22. The second-order valence-electron chi connectivity index (χ2n) is 9.44. The first kappa shape index (κ1) is 24.2. The van der Waals surface area contributed by atoms with Crippen LogP contribution in [0.2, 0.25) is 5.02 Å². The summed E-state index contributed by atoms with van der Waals surface area (Å²) in [6.07, 6.45) is 5.09. The molecular formula is C31H28ClN3O3. The first-order valence-electron chi connectivity index (χ1n) is 12.7. The van der Waals surface area contributed by atoms with Gasteiger partial charge in [0.15, 0.2) is 0 Å². The monoisotopic (exact) mass is 525 g/mol. The molecule has 1 amide bonds. The van der Waals surface area contributed by atoms with Crippen LogP contribution in [0.1, 0.15) is 28.9 Å². The molecule has 0 bridgehead atoms. The number of anilines is 1. The molecule has 1 aliphatic rings. The number of aryl methyl sites for hydroxylation is 2. The molecule has 38 heavy (non-hydrogen) atoms. The second kappa shape index (κ2) is 9.95. The fraction of sp³-hybridized carbons (Fsp3) is 0.194. The number of nitrogens with zero attached hydrogens (tertiary/aromatic N) is 2. The third kappa shape index (κ3) is 4.21. The van der Waals surface area contributed by atoms with Gasteiger partial charge in [0.25, 0.3) is 5.91 Å². The van der Waals surface area contributed by atoms with Crippen molar-refractivity contribution in [2.45, 2.75) is 25.8 Å². The van der Waals surface area contributed by atoms with Crippen molar-refractivity contribution in [3.63, 3.8) is 0 Å². The van der Waals surface area contributed by atoms with E-state index in [9.17, 15) is 4.79 Å². The van der Waals surface area contributed by atoms with E-state index in [1.165, 1.54) is 5.56 Å². The predicted molar refractivity (Wildman–Crippen MR) is 152 cm³/mol. The number of hydrogen-bond acceptors (Lipinski definition) is 3. The van der Waals surface area contributed by atoms with Gasteiger partial charge in [-0.3, -0.25) is 9.20 Å². The topological polar surface area (TPSA) is 56.9 Å². The molecule has 5 aromatic rings. The highest BCUT2D eigenvalue weighted by atomic mass is 35.5. The Hall–Kier alpha value is -4.16. The van der Waals surface area contributed by atoms with Gasteiger partial charge >= 0.3 is 0 Å². The summed E-state index contributed by atoms with van der Waals surface area (Å²) >= 11 is 6.18. The van der Waals surface area contributed by atoms with Crippen LogP contribution in [0, 0.1) is 0 Å². The van der Waals surface area contributed by atoms with Crippen LogP contribution >= 0.6 is 11.6 Å². The largest absolute Gasteiger partial charge is 0.497 e. The van der Waals surface area contributed by atoms with Crippen molar-refractivity contribution < 1.29 is 14.3 Å². The summed E-state index contributed by atoms with van der Waals surface area (Å²) in [4.78, 5) is 14.0. The number of amides is 1. The van der Waals surface area contributed by atoms with Crippen molar-refractivity contribution in [3.8, 4) is 33.9 Å². The summed E-state index contributed by atoms with van der Waals surface area (Å²) < 4.78 is 15.1. The average Bonchev–Trinajstić information content (AvgIpc) is 3.37. The Kier molecular flexibility index (Phi) is 6.34. The van der Waals surface area contributed by atoms with E-state index in [2.05, 4.69) is 20.5 Å². The average molecular weight is 526 g/mol. The summed E-state index contributed by atoms with van der Waals surface area (Å²) in [6.45, 7) is 0.882. The lowest BCUT2D eigenvalue weighted by molar-refractivity contribution is 0.102. The quantitative estimate of drug-likeness (QED) is 0.252. The number of ether oxygens (including phenoxy) is 2. The van der Waals surface area contributed by atoms with E-state index in [1.54, 1.807) is 14.2 Å². The molecule has 192 valence electrons. The first-order chi connectivity index (χ1) is 18.6. The Balaban J connectivity index is 1.56. The lowest BCUT2D eigenvalue weighted by Crippen LogP contribution is -2.15. The van der Waals surface area contributed by atoms with Gasteiger partial charge in [0.2, 0.25) is 0 Å². The van der Waals surface area contributed by atoms with Crippen LogP contribution in [0.25, 0.3) is 28.0 Å². The van der Waals surface area contributed by atoms with Crippen molar-refractivity contribution in [3.05, 3.63) is 95.3 Å². The van der Waals surface area contributed by atoms with Crippen LogP contribution in [0.4, 0.5) is 5.69 Å². The molecular weight excluding hydrogens is 498 g/mol. The SMILES string of the molecule is COc1ccc(NC(=O)c2c(-c3ccc(OC)cc3)c3c4n(c(-c5ccc(Cl)cc5)cn24)CCCC3)cc1. The van der Waals surface area contributed by atoms with Gasteiger partial charge in [-0.2, -0.15) is 0 Å². The van der Waals surface area contributed by atoms with E-state index in [0.717, 1.165) is 65.3 Å². The fourth-order valence-corrected chi connectivity index (χ4v) is 5.52. The smallest absolute Gasteiger partial charge is 0.273 e. The Morgan fingerprint density at radius 2 is 1.47 bits per heavy atom. The fourth-order valence-electron chi connectivity index (χ4n) is 5.39. The zero-order valence-electron chi connectivity index (χ0n) is 21.3. The molecule has 6 rings (SSSR count). The molecule has 0 saturated carbocycles. The van der Waals surface area contributed by atoms with Gasteiger partial charge in [0.05, 0.1) is 19.9 Å². The van der Waals surface area contributed by atoms with E-state index < -0.39 is 0 Å². The molecule has 0 unspecified atom stereocenters. The van der Waals surface area contributed by atoms with Gasteiger partial charge in [-0.1, -0.05) is 35.9 Å². The molecule has 3 aromatic carbocycles. The van der Waals surface area contributed by atoms with Crippen LogP contribution in [-0.2, 0) is 13.0 Å². The van der Waals surface area contributed by atoms with Gasteiger partial charge in [-0.15, -0.1) is 0 Å². The Morgan fingerprint density at radius 1 is 0.842 bits per heavy atom. The first-order valence-corrected chi connectivity index (χ1v) is 13.1. The number of benzene rings is 3. The molecule has 1 N–H and O–H groups in total. The number of aromatic nitrogens is 2. The number of imidazole rings is 1. The van der Waals surface area contributed by atoms with Gasteiger partial charge in [-0.05, 0) is 78.9 Å². The normalized spacial score (nSPS) is 12.8. The number of carbonyl (C=O) groups excluding carboxylic acids is 1. The molecule has 7 heteroatoms. The van der Waals surface area contributed by atoms with Gasteiger partial charge in [0.1, 0.15) is 22.8 Å². The molecule has 3 heterocycles. The minimum Gasteiger partial charge on any atom is -0.497 e. The molecule has 1 aliphatic heterocycles. The molecule has 0 aliphatic carbocycles. The lowest BCUT2D eigenvalue weighted by atomic mass is 9.97. The molecule has 6 nitrogen and oxygen atoms in total. The van der Waals surface area contributed by atoms with E-state index in [0.29, 0.717) is 16.4 Å². The predicted octanol–water partition coefficient (Wildman–Crippen LogP) is 7.33. The molecule has 0 radical (unpaired) electrons. The number of halogens is 1. The standard InChI is InChI=1S/C31H28ClN3O3/c1-37-24-14-8-21(9-15-24)28-26-5-3-4-18-34-27(20-6-10-22(32)11-7-20)19-35(31(26)34)29(28)30(36)33-23-12-16-25(38-2)17-13-23/h6-17,19H,3-5,18H2,1-2H3,(H,33,36). The Labute approximate surface area is 226 Å². The molecule has 0 atom stereocenters. The summed E-state index contributed by atoms with van der Waals surface area (Å²) in [6, 6.07) is 23.2. The Bertz CT molecular complexity index is 1610. The van der Waals surface area contributed by atoms with Crippen molar-refractivity contribution in [2.75, 3.05) is 19.5 Å². The zero-order chi connectivity index (χ0) is 26.2. The van der Waals surface area contributed by atoms with Crippen molar-refractivity contribution in [2.24, 2.45) is 0 Å². The third-order valence-corrected chi connectivity index (χ3v) is 7.47. The van der Waals surface area contributed by atoms with Crippen LogP contribution in [0.3, 0.4) is 0 Å². The highest BCUT2D eigenvalue weighted by Crippen LogP contribution is 2.40. The van der Waals surface area contributed by atoms with Crippen LogP contribution in [0.5, 0.6) is 11.5 Å². The zero-order valence-corrected chi connectivity index (χ0v) is 22.1. The molecule has 0 fully saturated rings. The number of methoxy groups -OCH3 is 2. The Morgan fingerprint density at radius 3 is 2.13 bits per heavy atom. The minimum atomic E-state index is -0.164. The highest BCUT2D eigenvalue weighted by molar-refractivity contribution is 6.30. The molecule has 0 spiro atoms. The number of rotatable bonds is 6. The maximum absolute atomic E-state index is 14.0. The lowest BCUT2D eigenvalue weighted by Gasteiger charge is -2.11. The van der Waals surface area contributed by atoms with E-state index in [1.807, 2.05) is 72.8 Å². The van der Waals surface area contributed by atoms with E-state index in [-0.39, 0.29) is 5.91 Å². The van der Waals surface area contributed by atoms with Crippen LogP contribution in [-0.4, -0.2) is 29.1 Å². The van der Waals surface area contributed by atoms with Gasteiger partial charge in [0, 0.05) is 34.6 Å². The second-order valence-corrected chi connectivity index (χ2v) is 9.87.